The van der Waals surface area contributed by atoms with Crippen LogP contribution in [0.2, 0.25) is 0 Å². The molecule has 0 unspecified atom stereocenters. The number of hydrogen-bond acceptors (Lipinski definition) is 3. The number of ether oxygens (including phenoxy) is 1. The Balaban J connectivity index is 1.80. The van der Waals surface area contributed by atoms with Gasteiger partial charge in [0, 0.05) is 32.5 Å². The summed E-state index contributed by atoms with van der Waals surface area (Å²) in [6, 6.07) is 0. The maximum absolute atomic E-state index is 11.9. The minimum atomic E-state index is 0.146. The molecule has 0 N–H and O–H groups in total. The third-order valence-corrected chi connectivity index (χ3v) is 3.14. The molecule has 0 spiro atoms. The summed E-state index contributed by atoms with van der Waals surface area (Å²) in [5.41, 5.74) is 0. The van der Waals surface area contributed by atoms with Gasteiger partial charge in [-0.15, -0.1) is 0 Å². The number of carbonyl (C=O) groups excluding carboxylic acids is 1. The minimum Gasteiger partial charge on any atom is -0.378 e. The number of Topliss-reactive ketones (excluding diaryl/α,β-unsaturated/α-hetero) is 1. The van der Waals surface area contributed by atoms with Crippen LogP contribution in [0.25, 0.3) is 0 Å². The molecule has 1 heterocycles. The fourth-order valence-corrected chi connectivity index (χ4v) is 2.20. The lowest BCUT2D eigenvalue weighted by atomic mass is 9.79. The summed E-state index contributed by atoms with van der Waals surface area (Å²) < 4.78 is 7.25. The molecule has 0 bridgehead atoms. The molecule has 4 nitrogen and oxygen atoms in total. The second-order valence-electron chi connectivity index (χ2n) is 4.40. The Morgan fingerprint density at radius 3 is 2.94 bits per heavy atom. The van der Waals surface area contributed by atoms with Gasteiger partial charge in [-0.3, -0.25) is 4.79 Å². The van der Waals surface area contributed by atoms with E-state index in [9.17, 15) is 4.79 Å². The number of imidazole rings is 1. The lowest BCUT2D eigenvalue weighted by Crippen LogP contribution is -2.33. The Bertz CT molecular complexity index is 367. The second-order valence-corrected chi connectivity index (χ2v) is 4.40. The Hall–Kier alpha value is -1.16. The lowest BCUT2D eigenvalue weighted by Gasteiger charge is -2.34. The van der Waals surface area contributed by atoms with Gasteiger partial charge in [0.25, 0.3) is 0 Å². The molecule has 1 aromatic heterocycles. The zero-order valence-electron chi connectivity index (χ0n) is 9.85. The van der Waals surface area contributed by atoms with Crippen molar-refractivity contribution in [3.8, 4) is 0 Å². The summed E-state index contributed by atoms with van der Waals surface area (Å²) in [7, 11) is 1.85. The molecule has 1 aromatic rings. The van der Waals surface area contributed by atoms with Gasteiger partial charge in [-0.1, -0.05) is 0 Å². The number of nitrogens with zero attached hydrogens (tertiary/aromatic N) is 2. The molecule has 1 fully saturated rings. The fourth-order valence-electron chi connectivity index (χ4n) is 2.20. The van der Waals surface area contributed by atoms with Crippen LogP contribution in [0.3, 0.4) is 0 Å². The van der Waals surface area contributed by atoms with Crippen molar-refractivity contribution in [3.63, 3.8) is 0 Å². The van der Waals surface area contributed by atoms with E-state index in [2.05, 4.69) is 4.98 Å². The summed E-state index contributed by atoms with van der Waals surface area (Å²) in [4.78, 5) is 15.9. The Labute approximate surface area is 95.6 Å². The number of ketones is 1. The largest absolute Gasteiger partial charge is 0.378 e. The van der Waals surface area contributed by atoms with E-state index < -0.39 is 0 Å². The van der Waals surface area contributed by atoms with Crippen molar-refractivity contribution in [1.29, 1.82) is 0 Å². The third-order valence-electron chi connectivity index (χ3n) is 3.14. The SMILES string of the molecule is CCOC1CC(CC(=O)c2nccn2C)C1. The van der Waals surface area contributed by atoms with Crippen molar-refractivity contribution >= 4 is 5.78 Å². The van der Waals surface area contributed by atoms with E-state index in [0.29, 0.717) is 24.3 Å². The van der Waals surface area contributed by atoms with Gasteiger partial charge in [0.2, 0.25) is 0 Å². The van der Waals surface area contributed by atoms with Gasteiger partial charge in [0.1, 0.15) is 0 Å². The maximum atomic E-state index is 11.9. The Morgan fingerprint density at radius 1 is 1.62 bits per heavy atom. The summed E-state index contributed by atoms with van der Waals surface area (Å²) in [5, 5.41) is 0. The maximum Gasteiger partial charge on any atom is 0.198 e. The number of hydrogen-bond donors (Lipinski definition) is 0. The molecule has 1 saturated carbocycles. The van der Waals surface area contributed by atoms with Crippen molar-refractivity contribution in [2.45, 2.75) is 32.3 Å². The summed E-state index contributed by atoms with van der Waals surface area (Å²) in [5.74, 6) is 1.20. The van der Waals surface area contributed by atoms with Gasteiger partial charge in [-0.25, -0.2) is 4.98 Å². The number of aryl methyl sites for hydroxylation is 1. The first kappa shape index (κ1) is 11.3. The van der Waals surface area contributed by atoms with E-state index in [-0.39, 0.29) is 5.78 Å². The lowest BCUT2D eigenvalue weighted by molar-refractivity contribution is -0.0246. The molecule has 0 radical (unpaired) electrons. The van der Waals surface area contributed by atoms with Gasteiger partial charge in [0.15, 0.2) is 11.6 Å². The molecule has 0 aromatic carbocycles. The van der Waals surface area contributed by atoms with Crippen LogP contribution in [0.15, 0.2) is 12.4 Å². The van der Waals surface area contributed by atoms with Crippen LogP contribution in [0.4, 0.5) is 0 Å². The summed E-state index contributed by atoms with van der Waals surface area (Å²) >= 11 is 0. The van der Waals surface area contributed by atoms with Crippen LogP contribution in [0.5, 0.6) is 0 Å². The quantitative estimate of drug-likeness (QED) is 0.714. The van der Waals surface area contributed by atoms with Crippen LogP contribution < -0.4 is 0 Å². The summed E-state index contributed by atoms with van der Waals surface area (Å²) in [6.45, 7) is 2.77. The van der Waals surface area contributed by atoms with Crippen molar-refractivity contribution in [1.82, 2.24) is 9.55 Å². The van der Waals surface area contributed by atoms with Crippen molar-refractivity contribution < 1.29 is 9.53 Å². The summed E-state index contributed by atoms with van der Waals surface area (Å²) in [6.07, 6.45) is 6.49. The van der Waals surface area contributed by atoms with E-state index in [0.717, 1.165) is 19.4 Å². The van der Waals surface area contributed by atoms with Crippen molar-refractivity contribution in [2.24, 2.45) is 13.0 Å². The topological polar surface area (TPSA) is 44.1 Å². The molecule has 1 aliphatic rings. The molecule has 0 atom stereocenters. The van der Waals surface area contributed by atoms with Gasteiger partial charge >= 0.3 is 0 Å². The normalized spacial score (nSPS) is 24.1. The molecule has 2 rings (SSSR count). The van der Waals surface area contributed by atoms with E-state index >= 15 is 0 Å². The van der Waals surface area contributed by atoms with Gasteiger partial charge < -0.3 is 9.30 Å². The van der Waals surface area contributed by atoms with Gasteiger partial charge in [-0.05, 0) is 25.7 Å². The highest BCUT2D eigenvalue weighted by Crippen LogP contribution is 2.33. The first-order valence-corrected chi connectivity index (χ1v) is 5.82. The molecular weight excluding hydrogens is 204 g/mol. The van der Waals surface area contributed by atoms with Gasteiger partial charge in [-0.2, -0.15) is 0 Å². The van der Waals surface area contributed by atoms with E-state index in [1.807, 2.05) is 14.0 Å². The molecule has 0 amide bonds. The van der Waals surface area contributed by atoms with Crippen LogP contribution >= 0.6 is 0 Å². The van der Waals surface area contributed by atoms with Crippen molar-refractivity contribution in [3.05, 3.63) is 18.2 Å². The van der Waals surface area contributed by atoms with E-state index in [4.69, 9.17) is 4.74 Å². The van der Waals surface area contributed by atoms with Crippen LogP contribution in [0.1, 0.15) is 36.8 Å². The van der Waals surface area contributed by atoms with Crippen LogP contribution in [0, 0.1) is 5.92 Å². The molecule has 1 aliphatic carbocycles. The Kier molecular flexibility index (Phi) is 3.39. The number of rotatable bonds is 5. The smallest absolute Gasteiger partial charge is 0.198 e. The molecule has 16 heavy (non-hydrogen) atoms. The predicted molar refractivity (Wildman–Crippen MR) is 60.3 cm³/mol. The molecule has 4 heteroatoms. The predicted octanol–water partition coefficient (Wildman–Crippen LogP) is 1.81. The van der Waals surface area contributed by atoms with Gasteiger partial charge in [0.05, 0.1) is 6.10 Å². The van der Waals surface area contributed by atoms with Crippen LogP contribution in [-0.2, 0) is 11.8 Å². The molecule has 88 valence electrons. The minimum absolute atomic E-state index is 0.146. The molecular formula is C12H18N2O2. The van der Waals surface area contributed by atoms with Crippen LogP contribution in [-0.4, -0.2) is 28.0 Å². The monoisotopic (exact) mass is 222 g/mol. The first-order chi connectivity index (χ1) is 7.70. The molecule has 0 aliphatic heterocycles. The third kappa shape index (κ3) is 2.32. The highest BCUT2D eigenvalue weighted by atomic mass is 16.5. The number of aromatic nitrogens is 2. The zero-order chi connectivity index (χ0) is 11.5. The standard InChI is InChI=1S/C12H18N2O2/c1-3-16-10-6-9(7-10)8-11(15)12-13-4-5-14(12)2/h4-5,9-10H,3,6-8H2,1-2H3. The van der Waals surface area contributed by atoms with E-state index in [1.54, 1.807) is 17.0 Å². The zero-order valence-corrected chi connectivity index (χ0v) is 9.85. The van der Waals surface area contributed by atoms with E-state index in [1.165, 1.54) is 0 Å². The fraction of sp³-hybridized carbons (Fsp3) is 0.667. The average Bonchev–Trinajstić information content (AvgIpc) is 2.61. The molecule has 0 saturated heterocycles. The highest BCUT2D eigenvalue weighted by molar-refractivity contribution is 5.92. The average molecular weight is 222 g/mol. The second kappa shape index (κ2) is 4.78. The number of carbonyl (C=O) groups is 1. The Morgan fingerprint density at radius 2 is 2.38 bits per heavy atom. The highest BCUT2D eigenvalue weighted by Gasteiger charge is 2.31. The first-order valence-electron chi connectivity index (χ1n) is 5.82. The van der Waals surface area contributed by atoms with Crippen molar-refractivity contribution in [2.75, 3.05) is 6.61 Å².